The van der Waals surface area contributed by atoms with E-state index in [1.807, 2.05) is 6.07 Å². The summed E-state index contributed by atoms with van der Waals surface area (Å²) in [4.78, 5) is 11.2. The zero-order valence-electron chi connectivity index (χ0n) is 15.6. The topological polar surface area (TPSA) is 59.1 Å². The zero-order chi connectivity index (χ0) is 19.4. The third kappa shape index (κ3) is 2.85. The van der Waals surface area contributed by atoms with E-state index in [1.54, 1.807) is 35.2 Å². The summed E-state index contributed by atoms with van der Waals surface area (Å²) < 4.78 is 21.2. The number of nitrogens with one attached hydrogen (secondary N) is 2. The number of aromatic nitrogens is 2. The van der Waals surface area contributed by atoms with Crippen molar-refractivity contribution in [1.82, 2.24) is 15.3 Å². The predicted octanol–water partition coefficient (Wildman–Crippen LogP) is 5.02. The van der Waals surface area contributed by atoms with Crippen LogP contribution in [0.1, 0.15) is 23.6 Å². The normalized spacial score (nSPS) is 24.2. The maximum atomic E-state index is 14.6. The standard InChI is InChI=1S/C21H19FN4OS2/c22-14-8-19-17(24-11-28-19)9-16(14)26-15-2-4-23-20-12(15)7-18(29-20)13-1-5-25-21(13)3-6-27-10-21/h2,4,7-9,11,13,25H,1,3,5-6,10H2,(H,23,26)/t13-,21-/m0/s1. The second-order valence-corrected chi connectivity index (χ2v) is 9.68. The molecule has 2 fully saturated rings. The molecule has 1 aromatic carbocycles. The van der Waals surface area contributed by atoms with Crippen LogP contribution < -0.4 is 10.6 Å². The van der Waals surface area contributed by atoms with E-state index < -0.39 is 0 Å². The van der Waals surface area contributed by atoms with Crippen molar-refractivity contribution in [3.05, 3.63) is 46.7 Å². The number of rotatable bonds is 3. The van der Waals surface area contributed by atoms with Gasteiger partial charge in [-0.25, -0.2) is 14.4 Å². The van der Waals surface area contributed by atoms with E-state index in [0.717, 1.165) is 58.7 Å². The molecule has 3 aromatic heterocycles. The van der Waals surface area contributed by atoms with Gasteiger partial charge in [-0.05, 0) is 43.7 Å². The van der Waals surface area contributed by atoms with Gasteiger partial charge in [0, 0.05) is 29.0 Å². The van der Waals surface area contributed by atoms with Gasteiger partial charge >= 0.3 is 0 Å². The van der Waals surface area contributed by atoms with E-state index in [-0.39, 0.29) is 11.4 Å². The largest absolute Gasteiger partial charge is 0.379 e. The Morgan fingerprint density at radius 2 is 2.21 bits per heavy atom. The highest BCUT2D eigenvalue weighted by molar-refractivity contribution is 7.18. The first kappa shape index (κ1) is 17.7. The highest BCUT2D eigenvalue weighted by Gasteiger charge is 2.46. The van der Waals surface area contributed by atoms with Crippen LogP contribution in [0.25, 0.3) is 20.4 Å². The Balaban J connectivity index is 1.39. The SMILES string of the molecule is Fc1cc2scnc2cc1Nc1ccnc2sc([C@@H]3CCN[C@]34CCOC4)cc12. The number of hydrogen-bond donors (Lipinski definition) is 2. The van der Waals surface area contributed by atoms with Gasteiger partial charge in [0.2, 0.25) is 0 Å². The number of benzene rings is 1. The Bertz CT molecular complexity index is 1210. The Morgan fingerprint density at radius 1 is 1.24 bits per heavy atom. The minimum Gasteiger partial charge on any atom is -0.379 e. The summed E-state index contributed by atoms with van der Waals surface area (Å²) in [5.74, 6) is 0.157. The number of nitrogens with zero attached hydrogens (tertiary/aromatic N) is 2. The van der Waals surface area contributed by atoms with Gasteiger partial charge in [-0.3, -0.25) is 0 Å². The van der Waals surface area contributed by atoms with Crippen molar-refractivity contribution >= 4 is 54.5 Å². The number of thiophene rings is 1. The summed E-state index contributed by atoms with van der Waals surface area (Å²) in [5.41, 5.74) is 3.90. The molecule has 4 aromatic rings. The average Bonchev–Trinajstić information content (AvgIpc) is 3.50. The Labute approximate surface area is 174 Å². The van der Waals surface area contributed by atoms with Gasteiger partial charge in [0.15, 0.2) is 0 Å². The van der Waals surface area contributed by atoms with Gasteiger partial charge in [-0.2, -0.15) is 0 Å². The first-order valence-corrected chi connectivity index (χ1v) is 11.4. The van der Waals surface area contributed by atoms with Gasteiger partial charge in [-0.15, -0.1) is 22.7 Å². The molecule has 0 bridgehead atoms. The molecular formula is C21H19FN4OS2. The fourth-order valence-corrected chi connectivity index (χ4v) is 6.59. The molecule has 2 N–H and O–H groups in total. The molecule has 1 spiro atoms. The quantitative estimate of drug-likeness (QED) is 0.481. The van der Waals surface area contributed by atoms with E-state index >= 15 is 0 Å². The van der Waals surface area contributed by atoms with Gasteiger partial charge < -0.3 is 15.4 Å². The Hall–Kier alpha value is -2.13. The van der Waals surface area contributed by atoms with Crippen molar-refractivity contribution in [3.8, 4) is 0 Å². The highest BCUT2D eigenvalue weighted by atomic mass is 32.1. The molecule has 148 valence electrons. The van der Waals surface area contributed by atoms with E-state index in [4.69, 9.17) is 4.74 Å². The third-order valence-corrected chi connectivity index (χ3v) is 8.07. The molecule has 2 atom stereocenters. The van der Waals surface area contributed by atoms with Crippen molar-refractivity contribution < 1.29 is 9.13 Å². The summed E-state index contributed by atoms with van der Waals surface area (Å²) in [6, 6.07) is 7.45. The lowest BCUT2D eigenvalue weighted by Gasteiger charge is -2.28. The fraction of sp³-hybridized carbons (Fsp3) is 0.333. The lowest BCUT2D eigenvalue weighted by atomic mass is 9.83. The van der Waals surface area contributed by atoms with Crippen LogP contribution in [-0.2, 0) is 4.74 Å². The van der Waals surface area contributed by atoms with Gasteiger partial charge in [0.25, 0.3) is 0 Å². The number of ether oxygens (including phenoxy) is 1. The molecule has 5 heterocycles. The van der Waals surface area contributed by atoms with Crippen LogP contribution >= 0.6 is 22.7 Å². The average molecular weight is 427 g/mol. The summed E-state index contributed by atoms with van der Waals surface area (Å²) in [6.07, 6.45) is 3.93. The van der Waals surface area contributed by atoms with Crippen LogP contribution in [0, 0.1) is 5.82 Å². The molecule has 0 aliphatic carbocycles. The fourth-order valence-electron chi connectivity index (χ4n) is 4.63. The maximum Gasteiger partial charge on any atom is 0.148 e. The number of fused-ring (bicyclic) bond motifs is 2. The van der Waals surface area contributed by atoms with Crippen molar-refractivity contribution in [2.24, 2.45) is 0 Å². The predicted molar refractivity (Wildman–Crippen MR) is 116 cm³/mol. The number of pyridine rings is 1. The summed E-state index contributed by atoms with van der Waals surface area (Å²) >= 11 is 3.18. The van der Waals surface area contributed by atoms with Crippen molar-refractivity contribution in [3.63, 3.8) is 0 Å². The first-order chi connectivity index (χ1) is 14.2. The van der Waals surface area contributed by atoms with E-state index in [0.29, 0.717) is 11.6 Å². The number of anilines is 2. The molecule has 8 heteroatoms. The monoisotopic (exact) mass is 426 g/mol. The zero-order valence-corrected chi connectivity index (χ0v) is 17.2. The lowest BCUT2D eigenvalue weighted by Crippen LogP contribution is -2.44. The van der Waals surface area contributed by atoms with Gasteiger partial charge in [0.05, 0.1) is 39.2 Å². The third-order valence-electron chi connectivity index (χ3n) is 6.12. The molecule has 29 heavy (non-hydrogen) atoms. The second-order valence-electron chi connectivity index (χ2n) is 7.73. The molecule has 0 saturated carbocycles. The van der Waals surface area contributed by atoms with Crippen LogP contribution in [0.4, 0.5) is 15.8 Å². The molecule has 5 nitrogen and oxygen atoms in total. The van der Waals surface area contributed by atoms with Gasteiger partial charge in [-0.1, -0.05) is 0 Å². The van der Waals surface area contributed by atoms with E-state index in [9.17, 15) is 4.39 Å². The molecular weight excluding hydrogens is 407 g/mol. The lowest BCUT2D eigenvalue weighted by molar-refractivity contribution is 0.168. The minimum absolute atomic E-state index is 0.0518. The number of hydrogen-bond acceptors (Lipinski definition) is 7. The highest BCUT2D eigenvalue weighted by Crippen LogP contribution is 2.45. The minimum atomic E-state index is -0.274. The summed E-state index contributed by atoms with van der Waals surface area (Å²) in [7, 11) is 0. The van der Waals surface area contributed by atoms with E-state index in [2.05, 4.69) is 26.7 Å². The summed E-state index contributed by atoms with van der Waals surface area (Å²) in [5, 5.41) is 8.00. The van der Waals surface area contributed by atoms with Gasteiger partial charge in [0.1, 0.15) is 10.6 Å². The molecule has 6 rings (SSSR count). The molecule has 0 unspecified atom stereocenters. The van der Waals surface area contributed by atoms with Crippen LogP contribution in [0.15, 0.2) is 36.0 Å². The number of thiazole rings is 1. The summed E-state index contributed by atoms with van der Waals surface area (Å²) in [6.45, 7) is 2.60. The number of halogens is 1. The Morgan fingerprint density at radius 3 is 3.10 bits per heavy atom. The van der Waals surface area contributed by atoms with Crippen LogP contribution in [0.3, 0.4) is 0 Å². The van der Waals surface area contributed by atoms with Crippen molar-refractivity contribution in [2.45, 2.75) is 24.3 Å². The van der Waals surface area contributed by atoms with Crippen LogP contribution in [0.5, 0.6) is 0 Å². The Kier molecular flexibility index (Phi) is 4.09. The first-order valence-electron chi connectivity index (χ1n) is 9.73. The maximum absolute atomic E-state index is 14.6. The van der Waals surface area contributed by atoms with E-state index in [1.165, 1.54) is 16.2 Å². The van der Waals surface area contributed by atoms with Crippen molar-refractivity contribution in [1.29, 1.82) is 0 Å². The molecule has 2 aliphatic heterocycles. The molecule has 0 radical (unpaired) electrons. The van der Waals surface area contributed by atoms with Crippen LogP contribution in [-0.4, -0.2) is 35.3 Å². The van der Waals surface area contributed by atoms with Crippen LogP contribution in [0.2, 0.25) is 0 Å². The smallest absolute Gasteiger partial charge is 0.148 e. The molecule has 2 saturated heterocycles. The molecule has 2 aliphatic rings. The second kappa shape index (κ2) is 6.70. The van der Waals surface area contributed by atoms with Crippen molar-refractivity contribution in [2.75, 3.05) is 25.1 Å². The molecule has 0 amide bonds.